The predicted octanol–water partition coefficient (Wildman–Crippen LogP) is 1.78. The molecule has 0 aliphatic rings. The molecule has 0 radical (unpaired) electrons. The third-order valence-corrected chi connectivity index (χ3v) is 2.45. The van der Waals surface area contributed by atoms with Gasteiger partial charge in [0.2, 0.25) is 0 Å². The van der Waals surface area contributed by atoms with Crippen molar-refractivity contribution in [2.24, 2.45) is 0 Å². The molecule has 1 aromatic heterocycles. The first-order valence-electron chi connectivity index (χ1n) is 5.51. The number of hydrogen-bond donors (Lipinski definition) is 2. The molecule has 1 amide bonds. The van der Waals surface area contributed by atoms with Gasteiger partial charge in [-0.15, -0.1) is 0 Å². The third kappa shape index (κ3) is 2.89. The summed E-state index contributed by atoms with van der Waals surface area (Å²) in [6.45, 7) is 1.67. The van der Waals surface area contributed by atoms with Crippen molar-refractivity contribution in [3.63, 3.8) is 0 Å². The van der Waals surface area contributed by atoms with Crippen molar-refractivity contribution in [1.82, 2.24) is 9.97 Å². The van der Waals surface area contributed by atoms with Gasteiger partial charge in [0.15, 0.2) is 0 Å². The van der Waals surface area contributed by atoms with E-state index in [0.717, 1.165) is 5.56 Å². The van der Waals surface area contributed by atoms with Crippen LogP contribution in [0.25, 0.3) is 0 Å². The molecular formula is C13H13N3O2. The fourth-order valence-electron chi connectivity index (χ4n) is 1.50. The highest BCUT2D eigenvalue weighted by Crippen LogP contribution is 2.17. The molecule has 0 aliphatic carbocycles. The van der Waals surface area contributed by atoms with E-state index in [9.17, 15) is 9.90 Å². The van der Waals surface area contributed by atoms with Crippen LogP contribution in [0.15, 0.2) is 43.0 Å². The molecule has 1 unspecified atom stereocenters. The molecule has 18 heavy (non-hydrogen) atoms. The summed E-state index contributed by atoms with van der Waals surface area (Å²) in [5.41, 5.74) is 1.76. The molecule has 0 bridgehead atoms. The number of nitrogens with zero attached hydrogens (tertiary/aromatic N) is 2. The Labute approximate surface area is 105 Å². The summed E-state index contributed by atoms with van der Waals surface area (Å²) in [4.78, 5) is 19.4. The minimum absolute atomic E-state index is 0.279. The van der Waals surface area contributed by atoms with Crippen LogP contribution in [0.4, 0.5) is 5.69 Å². The number of benzene rings is 1. The molecule has 2 rings (SSSR count). The average Bonchev–Trinajstić information content (AvgIpc) is 2.40. The maximum absolute atomic E-state index is 11.8. The lowest BCUT2D eigenvalue weighted by molar-refractivity contribution is 0.102. The van der Waals surface area contributed by atoms with Gasteiger partial charge in [-0.2, -0.15) is 0 Å². The first-order chi connectivity index (χ1) is 8.66. The van der Waals surface area contributed by atoms with Crippen molar-refractivity contribution in [2.75, 3.05) is 5.32 Å². The number of aliphatic hydroxyl groups excluding tert-OH is 1. The zero-order valence-electron chi connectivity index (χ0n) is 9.87. The van der Waals surface area contributed by atoms with Gasteiger partial charge in [0.25, 0.3) is 5.91 Å². The van der Waals surface area contributed by atoms with Gasteiger partial charge in [0, 0.05) is 18.1 Å². The quantitative estimate of drug-likeness (QED) is 0.861. The zero-order chi connectivity index (χ0) is 13.0. The van der Waals surface area contributed by atoms with Crippen LogP contribution in [-0.2, 0) is 0 Å². The number of rotatable bonds is 3. The van der Waals surface area contributed by atoms with Gasteiger partial charge < -0.3 is 10.4 Å². The fourth-order valence-corrected chi connectivity index (χ4v) is 1.50. The Bertz CT molecular complexity index is 541. The number of amides is 1. The number of anilines is 1. The van der Waals surface area contributed by atoms with Crippen molar-refractivity contribution >= 4 is 11.6 Å². The molecule has 0 aliphatic heterocycles. The second-order valence-electron chi connectivity index (χ2n) is 3.88. The minimum Gasteiger partial charge on any atom is -0.389 e. The number of hydrogen-bond acceptors (Lipinski definition) is 4. The van der Waals surface area contributed by atoms with E-state index in [-0.39, 0.29) is 5.91 Å². The highest BCUT2D eigenvalue weighted by Gasteiger charge is 2.07. The molecule has 0 saturated carbocycles. The number of nitrogens with one attached hydrogen (secondary N) is 1. The topological polar surface area (TPSA) is 75.1 Å². The van der Waals surface area contributed by atoms with E-state index < -0.39 is 6.10 Å². The van der Waals surface area contributed by atoms with Crippen molar-refractivity contribution in [1.29, 1.82) is 0 Å². The van der Waals surface area contributed by atoms with Crippen molar-refractivity contribution in [2.45, 2.75) is 13.0 Å². The van der Waals surface area contributed by atoms with E-state index in [2.05, 4.69) is 15.3 Å². The predicted molar refractivity (Wildman–Crippen MR) is 67.1 cm³/mol. The van der Waals surface area contributed by atoms with Gasteiger partial charge >= 0.3 is 0 Å². The summed E-state index contributed by atoms with van der Waals surface area (Å²) in [6.07, 6.45) is 3.69. The van der Waals surface area contributed by atoms with Gasteiger partial charge in [0.1, 0.15) is 6.33 Å². The third-order valence-electron chi connectivity index (χ3n) is 2.45. The number of carbonyl (C=O) groups excluding carboxylic acids is 1. The standard InChI is InChI=1S/C13H13N3O2/c1-9(17)10-3-2-4-12(5-10)16-13(18)11-6-14-8-15-7-11/h2-9,17H,1H3,(H,16,18). The van der Waals surface area contributed by atoms with Gasteiger partial charge in [-0.1, -0.05) is 12.1 Å². The van der Waals surface area contributed by atoms with Crippen LogP contribution >= 0.6 is 0 Å². The first-order valence-corrected chi connectivity index (χ1v) is 5.51. The summed E-state index contributed by atoms with van der Waals surface area (Å²) < 4.78 is 0. The molecule has 5 heteroatoms. The number of aromatic nitrogens is 2. The Hall–Kier alpha value is -2.27. The lowest BCUT2D eigenvalue weighted by atomic mass is 10.1. The largest absolute Gasteiger partial charge is 0.389 e. The van der Waals surface area contributed by atoms with E-state index in [0.29, 0.717) is 11.3 Å². The van der Waals surface area contributed by atoms with Crippen LogP contribution in [0.1, 0.15) is 28.9 Å². The van der Waals surface area contributed by atoms with E-state index in [1.54, 1.807) is 31.2 Å². The zero-order valence-corrected chi connectivity index (χ0v) is 9.87. The molecule has 0 spiro atoms. The summed E-state index contributed by atoms with van der Waals surface area (Å²) >= 11 is 0. The molecule has 0 fully saturated rings. The molecule has 1 atom stereocenters. The van der Waals surface area contributed by atoms with Crippen LogP contribution in [0.5, 0.6) is 0 Å². The number of aliphatic hydroxyl groups is 1. The van der Waals surface area contributed by atoms with E-state index >= 15 is 0 Å². The van der Waals surface area contributed by atoms with E-state index in [1.165, 1.54) is 18.7 Å². The van der Waals surface area contributed by atoms with Crippen LogP contribution in [0.2, 0.25) is 0 Å². The molecule has 0 saturated heterocycles. The Morgan fingerprint density at radius 1 is 1.33 bits per heavy atom. The summed E-state index contributed by atoms with van der Waals surface area (Å²) in [5, 5.41) is 12.2. The lowest BCUT2D eigenvalue weighted by Crippen LogP contribution is -2.12. The second-order valence-corrected chi connectivity index (χ2v) is 3.88. The van der Waals surface area contributed by atoms with Crippen molar-refractivity contribution in [3.05, 3.63) is 54.1 Å². The van der Waals surface area contributed by atoms with Gasteiger partial charge in [-0.3, -0.25) is 4.79 Å². The Morgan fingerprint density at radius 3 is 2.72 bits per heavy atom. The SMILES string of the molecule is CC(O)c1cccc(NC(=O)c2cncnc2)c1. The summed E-state index contributed by atoms with van der Waals surface area (Å²) in [5.74, 6) is -0.279. The second kappa shape index (κ2) is 5.37. The fraction of sp³-hybridized carbons (Fsp3) is 0.154. The summed E-state index contributed by atoms with van der Waals surface area (Å²) in [6, 6.07) is 7.06. The van der Waals surface area contributed by atoms with Crippen molar-refractivity contribution < 1.29 is 9.90 Å². The van der Waals surface area contributed by atoms with Crippen LogP contribution in [0.3, 0.4) is 0 Å². The normalized spacial score (nSPS) is 11.9. The average molecular weight is 243 g/mol. The maximum atomic E-state index is 11.8. The molecule has 1 aromatic carbocycles. The van der Waals surface area contributed by atoms with Crippen LogP contribution in [-0.4, -0.2) is 21.0 Å². The highest BCUT2D eigenvalue weighted by atomic mass is 16.3. The lowest BCUT2D eigenvalue weighted by Gasteiger charge is -2.08. The first kappa shape index (κ1) is 12.2. The molecule has 1 heterocycles. The molecular weight excluding hydrogens is 230 g/mol. The smallest absolute Gasteiger partial charge is 0.258 e. The maximum Gasteiger partial charge on any atom is 0.258 e. The molecule has 2 N–H and O–H groups in total. The number of carbonyl (C=O) groups is 1. The summed E-state index contributed by atoms with van der Waals surface area (Å²) in [7, 11) is 0. The van der Waals surface area contributed by atoms with Crippen molar-refractivity contribution in [3.8, 4) is 0 Å². The minimum atomic E-state index is -0.568. The molecule has 92 valence electrons. The van der Waals surface area contributed by atoms with E-state index in [4.69, 9.17) is 0 Å². The van der Waals surface area contributed by atoms with E-state index in [1.807, 2.05) is 0 Å². The molecule has 2 aromatic rings. The van der Waals surface area contributed by atoms with Gasteiger partial charge in [-0.05, 0) is 24.6 Å². The Balaban J connectivity index is 2.15. The Kier molecular flexibility index (Phi) is 3.64. The van der Waals surface area contributed by atoms with Gasteiger partial charge in [0.05, 0.1) is 11.7 Å². The Morgan fingerprint density at radius 2 is 2.06 bits per heavy atom. The monoisotopic (exact) mass is 243 g/mol. The van der Waals surface area contributed by atoms with Crippen LogP contribution in [0, 0.1) is 0 Å². The molecule has 5 nitrogen and oxygen atoms in total. The van der Waals surface area contributed by atoms with Gasteiger partial charge in [-0.25, -0.2) is 9.97 Å². The highest BCUT2D eigenvalue weighted by molar-refractivity contribution is 6.03. The van der Waals surface area contributed by atoms with Crippen LogP contribution < -0.4 is 5.32 Å².